The van der Waals surface area contributed by atoms with E-state index >= 15 is 0 Å². The number of nitriles is 1. The fourth-order valence-electron chi connectivity index (χ4n) is 7.85. The lowest BCUT2D eigenvalue weighted by molar-refractivity contribution is -0.164. The van der Waals surface area contributed by atoms with Crippen molar-refractivity contribution in [3.8, 4) is 11.8 Å². The number of aliphatic hydroxyl groups is 1. The van der Waals surface area contributed by atoms with Gasteiger partial charge in [-0.25, -0.2) is 9.97 Å². The van der Waals surface area contributed by atoms with E-state index < -0.39 is 0 Å². The highest BCUT2D eigenvalue weighted by molar-refractivity contribution is 6.32. The van der Waals surface area contributed by atoms with Gasteiger partial charge in [-0.2, -0.15) is 5.26 Å². The molecule has 2 N–H and O–H groups in total. The highest BCUT2D eigenvalue weighted by Gasteiger charge is 2.64. The summed E-state index contributed by atoms with van der Waals surface area (Å²) in [6.45, 7) is 12.1. The number of amides is 1. The van der Waals surface area contributed by atoms with E-state index in [4.69, 9.17) is 16.3 Å². The second-order valence-electron chi connectivity index (χ2n) is 13.8. The first-order chi connectivity index (χ1) is 19.9. The zero-order valence-corrected chi connectivity index (χ0v) is 26.2. The minimum Gasteiger partial charge on any atom is -0.489 e. The van der Waals surface area contributed by atoms with Gasteiger partial charge < -0.3 is 20.1 Å². The molecule has 0 unspecified atom stereocenters. The molecule has 9 heteroatoms. The molecular formula is C33H44ClN5O3. The molecule has 3 aliphatic rings. The van der Waals surface area contributed by atoms with Crippen LogP contribution in [0.3, 0.4) is 0 Å². The van der Waals surface area contributed by atoms with Crippen LogP contribution >= 0.6 is 11.6 Å². The molecule has 42 heavy (non-hydrogen) atoms. The second-order valence-corrected chi connectivity index (χ2v) is 14.2. The van der Waals surface area contributed by atoms with Gasteiger partial charge in [-0.1, -0.05) is 39.3 Å². The van der Waals surface area contributed by atoms with E-state index in [1.165, 1.54) is 6.42 Å². The number of ether oxygens (including phenoxy) is 1. The predicted octanol–water partition coefficient (Wildman–Crippen LogP) is 6.08. The maximum Gasteiger partial charge on any atom is 0.254 e. The number of nitrogens with one attached hydrogen (secondary N) is 1. The highest BCUT2D eigenvalue weighted by Crippen LogP contribution is 2.56. The van der Waals surface area contributed by atoms with Crippen molar-refractivity contribution in [2.45, 2.75) is 97.8 Å². The van der Waals surface area contributed by atoms with Crippen LogP contribution < -0.4 is 15.0 Å². The van der Waals surface area contributed by atoms with E-state index in [2.05, 4.69) is 53.9 Å². The number of aromatic nitrogens is 2. The van der Waals surface area contributed by atoms with Gasteiger partial charge in [-0.05, 0) is 75.8 Å². The van der Waals surface area contributed by atoms with E-state index in [1.807, 2.05) is 6.92 Å². The summed E-state index contributed by atoms with van der Waals surface area (Å²) in [5, 5.41) is 22.7. The number of aliphatic hydroxyl groups excluding tert-OH is 1. The van der Waals surface area contributed by atoms with Crippen molar-refractivity contribution < 1.29 is 14.6 Å². The Labute approximate surface area is 254 Å². The number of piperidine rings is 1. The van der Waals surface area contributed by atoms with Crippen LogP contribution in [0, 0.1) is 40.9 Å². The lowest BCUT2D eigenvalue weighted by Crippen LogP contribution is -2.74. The van der Waals surface area contributed by atoms with Crippen LogP contribution in [0.1, 0.15) is 94.1 Å². The minimum atomic E-state index is -0.353. The number of carbonyl (C=O) groups excluding carboxylic acids is 1. The summed E-state index contributed by atoms with van der Waals surface area (Å²) in [4.78, 5) is 24.6. The third kappa shape index (κ3) is 5.96. The Morgan fingerprint density at radius 1 is 1.07 bits per heavy atom. The quantitative estimate of drug-likeness (QED) is 0.400. The number of rotatable bonds is 7. The lowest BCUT2D eigenvalue weighted by Gasteiger charge is -2.63. The molecule has 0 spiro atoms. The van der Waals surface area contributed by atoms with Crippen molar-refractivity contribution in [1.29, 1.82) is 5.26 Å². The smallest absolute Gasteiger partial charge is 0.254 e. The summed E-state index contributed by atoms with van der Waals surface area (Å²) in [7, 11) is 0. The van der Waals surface area contributed by atoms with Crippen LogP contribution in [0.25, 0.3) is 0 Å². The average molecular weight is 594 g/mol. The van der Waals surface area contributed by atoms with E-state index in [9.17, 15) is 15.2 Å². The Morgan fingerprint density at radius 2 is 1.67 bits per heavy atom. The minimum absolute atomic E-state index is 0.0904. The third-order valence-electron chi connectivity index (χ3n) is 10.1. The molecule has 0 bridgehead atoms. The zero-order chi connectivity index (χ0) is 30.2. The summed E-state index contributed by atoms with van der Waals surface area (Å²) in [5.74, 6) is 2.62. The first kappa shape index (κ1) is 30.6. The number of anilines is 1. The maximum absolute atomic E-state index is 13.3. The van der Waals surface area contributed by atoms with Gasteiger partial charge in [-0.15, -0.1) is 0 Å². The highest BCUT2D eigenvalue weighted by atomic mass is 35.5. The molecule has 5 rings (SSSR count). The van der Waals surface area contributed by atoms with Gasteiger partial charge in [-0.3, -0.25) is 4.79 Å². The molecule has 1 amide bonds. The Morgan fingerprint density at radius 3 is 2.26 bits per heavy atom. The van der Waals surface area contributed by atoms with Crippen molar-refractivity contribution >= 4 is 23.5 Å². The third-order valence-corrected chi connectivity index (χ3v) is 10.6. The number of halogens is 1. The summed E-state index contributed by atoms with van der Waals surface area (Å²) in [6, 6.07) is 5.44. The Bertz CT molecular complexity index is 1310. The largest absolute Gasteiger partial charge is 0.489 e. The predicted molar refractivity (Wildman–Crippen MR) is 164 cm³/mol. The Kier molecular flexibility index (Phi) is 8.74. The van der Waals surface area contributed by atoms with Crippen molar-refractivity contribution in [1.82, 2.24) is 15.3 Å². The van der Waals surface area contributed by atoms with Crippen LogP contribution in [-0.4, -0.2) is 52.3 Å². The van der Waals surface area contributed by atoms with Gasteiger partial charge in [0, 0.05) is 47.9 Å². The molecule has 2 aromatic rings. The van der Waals surface area contributed by atoms with Crippen molar-refractivity contribution in [3.63, 3.8) is 0 Å². The van der Waals surface area contributed by atoms with E-state index in [0.717, 1.165) is 69.0 Å². The van der Waals surface area contributed by atoms with Gasteiger partial charge in [0.2, 0.25) is 5.95 Å². The van der Waals surface area contributed by atoms with Gasteiger partial charge in [0.1, 0.15) is 17.9 Å². The monoisotopic (exact) mass is 593 g/mol. The number of hydrogen-bond donors (Lipinski definition) is 2. The van der Waals surface area contributed by atoms with Gasteiger partial charge >= 0.3 is 0 Å². The normalized spacial score (nSPS) is 27.0. The Balaban J connectivity index is 1.15. The molecule has 0 radical (unpaired) electrons. The van der Waals surface area contributed by atoms with Crippen molar-refractivity contribution in [2.75, 3.05) is 18.0 Å². The zero-order valence-electron chi connectivity index (χ0n) is 25.5. The van der Waals surface area contributed by atoms with Crippen molar-refractivity contribution in [3.05, 3.63) is 46.2 Å². The van der Waals surface area contributed by atoms with Crippen LogP contribution in [0.15, 0.2) is 24.5 Å². The molecule has 3 fully saturated rings. The summed E-state index contributed by atoms with van der Waals surface area (Å²) in [6.07, 6.45) is 10.7. The van der Waals surface area contributed by atoms with E-state index in [0.29, 0.717) is 27.8 Å². The van der Waals surface area contributed by atoms with Crippen LogP contribution in [0.4, 0.5) is 5.95 Å². The fourth-order valence-corrected chi connectivity index (χ4v) is 8.04. The molecule has 2 saturated carbocycles. The average Bonchev–Trinajstić information content (AvgIpc) is 2.98. The summed E-state index contributed by atoms with van der Waals surface area (Å²) in [5.41, 5.74) is 0.900. The van der Waals surface area contributed by atoms with Gasteiger partial charge in [0.25, 0.3) is 5.91 Å². The summed E-state index contributed by atoms with van der Waals surface area (Å²) >= 11 is 6.38. The van der Waals surface area contributed by atoms with Crippen molar-refractivity contribution in [2.24, 2.45) is 22.7 Å². The maximum atomic E-state index is 13.3. The number of hydrogen-bond acceptors (Lipinski definition) is 7. The van der Waals surface area contributed by atoms with Gasteiger partial charge in [0.15, 0.2) is 0 Å². The van der Waals surface area contributed by atoms with Gasteiger partial charge in [0.05, 0.1) is 22.3 Å². The number of nitrogens with zero attached hydrogens (tertiary/aromatic N) is 4. The molecule has 8 nitrogen and oxygen atoms in total. The van der Waals surface area contributed by atoms with E-state index in [-0.39, 0.29) is 35.0 Å². The fraction of sp³-hybridized carbons (Fsp3) is 0.636. The lowest BCUT2D eigenvalue weighted by atomic mass is 9.49. The van der Waals surface area contributed by atoms with Crippen LogP contribution in [-0.2, 0) is 0 Å². The van der Waals surface area contributed by atoms with Crippen LogP contribution in [0.2, 0.25) is 5.02 Å². The molecule has 0 atom stereocenters. The number of benzene rings is 1. The first-order valence-electron chi connectivity index (χ1n) is 15.3. The molecule has 1 aromatic heterocycles. The second kappa shape index (κ2) is 12.0. The molecule has 1 aliphatic heterocycles. The summed E-state index contributed by atoms with van der Waals surface area (Å²) < 4.78 is 6.46. The molecule has 226 valence electrons. The Hall–Kier alpha value is -2.89. The first-order valence-corrected chi connectivity index (χ1v) is 15.7. The SMILES string of the molecule is Cc1c(OC2C(C)(C)C(NC(=O)c3cnc(N4CCC(CC5CCC(O)CC5)CC4)nc3)C2(C)C)ccc(C#N)c1Cl. The molecule has 2 heterocycles. The molecule has 1 saturated heterocycles. The van der Waals surface area contributed by atoms with Crippen LogP contribution in [0.5, 0.6) is 5.75 Å². The molecule has 1 aromatic carbocycles. The molecular weight excluding hydrogens is 550 g/mol. The topological polar surface area (TPSA) is 111 Å². The number of carbonyl (C=O) groups is 1. The standard InChI is InChI=1S/C33H44ClN5O3/c1-20-26(11-8-23(17-35)27(20)34)42-30-32(2,3)29(33(30,4)5)38-28(41)24-18-36-31(37-19-24)39-14-12-22(13-15-39)16-21-6-9-25(40)10-7-21/h8,11,18-19,21-22,25,29-30,40H,6-7,9-10,12-16H2,1-5H3,(H,38,41). The van der Waals surface area contributed by atoms with E-state index in [1.54, 1.807) is 24.5 Å². The molecule has 2 aliphatic carbocycles.